The third-order valence-corrected chi connectivity index (χ3v) is 2.56. The summed E-state index contributed by atoms with van der Waals surface area (Å²) in [6.45, 7) is 2.78. The summed E-state index contributed by atoms with van der Waals surface area (Å²) in [7, 11) is 0. The average molecular weight is 271 g/mol. The zero-order chi connectivity index (χ0) is 14.4. The van der Waals surface area contributed by atoms with E-state index in [1.54, 1.807) is 6.07 Å². The molecule has 1 aromatic carbocycles. The van der Waals surface area contributed by atoms with Gasteiger partial charge in [0.2, 0.25) is 5.91 Å². The Balaban J connectivity index is 2.33. The number of rotatable bonds is 6. The molecule has 0 aliphatic rings. The topological polar surface area (TPSA) is 92.9 Å². The van der Waals surface area contributed by atoms with Crippen LogP contribution < -0.4 is 16.4 Å². The van der Waals surface area contributed by atoms with Gasteiger partial charge >= 0.3 is 0 Å². The minimum absolute atomic E-state index is 0.0385. The Kier molecular flexibility index (Phi) is 4.49. The van der Waals surface area contributed by atoms with E-state index in [1.165, 1.54) is 0 Å². The molecule has 2 aromatic rings. The summed E-state index contributed by atoms with van der Waals surface area (Å²) in [4.78, 5) is 19.7. The molecular formula is C14H17N5O. The molecule has 0 bridgehead atoms. The Morgan fingerprint density at radius 3 is 2.40 bits per heavy atom. The first-order valence-corrected chi connectivity index (χ1v) is 6.39. The maximum absolute atomic E-state index is 10.8. The van der Waals surface area contributed by atoms with E-state index in [0.717, 1.165) is 12.1 Å². The van der Waals surface area contributed by atoms with Gasteiger partial charge < -0.3 is 16.4 Å². The van der Waals surface area contributed by atoms with Gasteiger partial charge in [-0.2, -0.15) is 0 Å². The number of amides is 1. The molecule has 0 fully saturated rings. The Hall–Kier alpha value is -2.63. The predicted octanol–water partition coefficient (Wildman–Crippen LogP) is 1.47. The third kappa shape index (κ3) is 3.68. The summed E-state index contributed by atoms with van der Waals surface area (Å²) in [6, 6.07) is 11.4. The van der Waals surface area contributed by atoms with Gasteiger partial charge in [0, 0.05) is 18.2 Å². The molecule has 0 radical (unpaired) electrons. The molecule has 1 aromatic heterocycles. The van der Waals surface area contributed by atoms with E-state index in [2.05, 4.69) is 20.6 Å². The molecule has 0 aliphatic carbocycles. The highest BCUT2D eigenvalue weighted by Gasteiger charge is 2.06. The summed E-state index contributed by atoms with van der Waals surface area (Å²) in [5.74, 6) is 1.42. The van der Waals surface area contributed by atoms with E-state index < -0.39 is 5.91 Å². The molecule has 4 N–H and O–H groups in total. The van der Waals surface area contributed by atoms with Crippen molar-refractivity contribution in [2.75, 3.05) is 23.7 Å². The van der Waals surface area contributed by atoms with Crippen LogP contribution in [0.25, 0.3) is 11.4 Å². The van der Waals surface area contributed by atoms with Crippen LogP contribution in [0.2, 0.25) is 0 Å². The SMILES string of the molecule is CCNc1cc(NCC(N)=O)nc(-c2ccccc2)n1. The average Bonchev–Trinajstić information content (AvgIpc) is 2.46. The number of benzene rings is 1. The Bertz CT molecular complexity index is 585. The molecule has 0 atom stereocenters. The van der Waals surface area contributed by atoms with E-state index in [0.29, 0.717) is 17.5 Å². The molecule has 1 heterocycles. The van der Waals surface area contributed by atoms with E-state index in [4.69, 9.17) is 5.73 Å². The first kappa shape index (κ1) is 13.8. The van der Waals surface area contributed by atoms with Gasteiger partial charge in [-0.3, -0.25) is 4.79 Å². The van der Waals surface area contributed by atoms with Gasteiger partial charge in [-0.15, -0.1) is 0 Å². The van der Waals surface area contributed by atoms with Crippen LogP contribution in [0.4, 0.5) is 11.6 Å². The van der Waals surface area contributed by atoms with Crippen LogP contribution in [0.5, 0.6) is 0 Å². The predicted molar refractivity (Wildman–Crippen MR) is 79.3 cm³/mol. The summed E-state index contributed by atoms with van der Waals surface area (Å²) < 4.78 is 0. The normalized spacial score (nSPS) is 10.1. The van der Waals surface area contributed by atoms with E-state index >= 15 is 0 Å². The fourth-order valence-corrected chi connectivity index (χ4v) is 1.70. The van der Waals surface area contributed by atoms with Gasteiger partial charge in [-0.1, -0.05) is 30.3 Å². The van der Waals surface area contributed by atoms with Gasteiger partial charge in [0.1, 0.15) is 11.6 Å². The summed E-state index contributed by atoms with van der Waals surface area (Å²) in [5, 5.41) is 6.03. The highest BCUT2D eigenvalue weighted by atomic mass is 16.1. The van der Waals surface area contributed by atoms with Crippen LogP contribution in [0, 0.1) is 0 Å². The summed E-state index contributed by atoms with van der Waals surface area (Å²) >= 11 is 0. The number of hydrogen-bond donors (Lipinski definition) is 3. The van der Waals surface area contributed by atoms with Crippen molar-refractivity contribution >= 4 is 17.5 Å². The molecule has 0 unspecified atom stereocenters. The Morgan fingerprint density at radius 2 is 1.80 bits per heavy atom. The lowest BCUT2D eigenvalue weighted by molar-refractivity contribution is -0.116. The summed E-state index contributed by atoms with van der Waals surface area (Å²) in [5.41, 5.74) is 6.04. The van der Waals surface area contributed by atoms with Crippen molar-refractivity contribution in [2.24, 2.45) is 5.73 Å². The highest BCUT2D eigenvalue weighted by molar-refractivity contribution is 5.78. The quantitative estimate of drug-likeness (QED) is 0.740. The van der Waals surface area contributed by atoms with E-state index in [1.807, 2.05) is 37.3 Å². The minimum atomic E-state index is -0.435. The Morgan fingerprint density at radius 1 is 1.15 bits per heavy atom. The van der Waals surface area contributed by atoms with Crippen molar-refractivity contribution < 1.29 is 4.79 Å². The lowest BCUT2D eigenvalue weighted by atomic mass is 10.2. The van der Waals surface area contributed by atoms with Gasteiger partial charge in [-0.25, -0.2) is 9.97 Å². The number of aromatic nitrogens is 2. The molecule has 6 nitrogen and oxygen atoms in total. The van der Waals surface area contributed by atoms with Gasteiger partial charge in [0.25, 0.3) is 0 Å². The maximum atomic E-state index is 10.8. The zero-order valence-electron chi connectivity index (χ0n) is 11.3. The van der Waals surface area contributed by atoms with Crippen molar-refractivity contribution in [3.8, 4) is 11.4 Å². The molecule has 0 saturated carbocycles. The lowest BCUT2D eigenvalue weighted by Gasteiger charge is -2.09. The van der Waals surface area contributed by atoms with Crippen molar-refractivity contribution in [3.05, 3.63) is 36.4 Å². The van der Waals surface area contributed by atoms with Gasteiger partial charge in [-0.05, 0) is 6.92 Å². The second-order valence-electron chi connectivity index (χ2n) is 4.18. The molecule has 20 heavy (non-hydrogen) atoms. The maximum Gasteiger partial charge on any atom is 0.236 e. The monoisotopic (exact) mass is 271 g/mol. The van der Waals surface area contributed by atoms with E-state index in [-0.39, 0.29) is 6.54 Å². The van der Waals surface area contributed by atoms with Crippen LogP contribution in [0.3, 0.4) is 0 Å². The van der Waals surface area contributed by atoms with Crippen molar-refractivity contribution in [3.63, 3.8) is 0 Å². The fraction of sp³-hybridized carbons (Fsp3) is 0.214. The first-order chi connectivity index (χ1) is 9.69. The molecule has 104 valence electrons. The van der Waals surface area contributed by atoms with Gasteiger partial charge in [0.15, 0.2) is 5.82 Å². The second-order valence-corrected chi connectivity index (χ2v) is 4.18. The van der Waals surface area contributed by atoms with Crippen LogP contribution >= 0.6 is 0 Å². The molecule has 0 saturated heterocycles. The standard InChI is InChI=1S/C14H17N5O/c1-2-16-12-8-13(17-9-11(15)20)19-14(18-12)10-6-4-3-5-7-10/h3-8H,2,9H2,1H3,(H2,15,20)(H2,16,17,18,19). The smallest absolute Gasteiger partial charge is 0.236 e. The lowest BCUT2D eigenvalue weighted by Crippen LogP contribution is -2.22. The number of nitrogens with one attached hydrogen (secondary N) is 2. The molecule has 6 heteroatoms. The highest BCUT2D eigenvalue weighted by Crippen LogP contribution is 2.19. The fourth-order valence-electron chi connectivity index (χ4n) is 1.70. The summed E-state index contributed by atoms with van der Waals surface area (Å²) in [6.07, 6.45) is 0. The van der Waals surface area contributed by atoms with Crippen LogP contribution in [0.1, 0.15) is 6.92 Å². The van der Waals surface area contributed by atoms with Crippen molar-refractivity contribution in [1.29, 1.82) is 0 Å². The van der Waals surface area contributed by atoms with Crippen molar-refractivity contribution in [1.82, 2.24) is 9.97 Å². The second kappa shape index (κ2) is 6.51. The molecule has 0 aliphatic heterocycles. The molecule has 0 spiro atoms. The number of nitrogens with zero attached hydrogens (tertiary/aromatic N) is 2. The number of nitrogens with two attached hydrogens (primary N) is 1. The third-order valence-electron chi connectivity index (χ3n) is 2.56. The van der Waals surface area contributed by atoms with Crippen LogP contribution in [-0.4, -0.2) is 29.0 Å². The zero-order valence-corrected chi connectivity index (χ0v) is 11.3. The van der Waals surface area contributed by atoms with Crippen molar-refractivity contribution in [2.45, 2.75) is 6.92 Å². The van der Waals surface area contributed by atoms with Crippen LogP contribution in [0.15, 0.2) is 36.4 Å². The minimum Gasteiger partial charge on any atom is -0.370 e. The number of hydrogen-bond acceptors (Lipinski definition) is 5. The van der Waals surface area contributed by atoms with E-state index in [9.17, 15) is 4.79 Å². The Labute approximate surface area is 117 Å². The van der Waals surface area contributed by atoms with Crippen LogP contribution in [-0.2, 0) is 4.79 Å². The first-order valence-electron chi connectivity index (χ1n) is 6.39. The number of carbonyl (C=O) groups is 1. The molecular weight excluding hydrogens is 254 g/mol. The number of carbonyl (C=O) groups excluding carboxylic acids is 1. The number of anilines is 2. The largest absolute Gasteiger partial charge is 0.370 e. The van der Waals surface area contributed by atoms with Gasteiger partial charge in [0.05, 0.1) is 6.54 Å². The molecule has 1 amide bonds. The number of primary amides is 1. The molecule has 2 rings (SSSR count).